The van der Waals surface area contributed by atoms with Crippen LogP contribution >= 0.6 is 0 Å². The Morgan fingerprint density at radius 2 is 2.27 bits per heavy atom. The molecule has 0 amide bonds. The van der Waals surface area contributed by atoms with Crippen molar-refractivity contribution in [2.75, 3.05) is 6.54 Å². The van der Waals surface area contributed by atoms with Crippen LogP contribution in [-0.2, 0) is 11.2 Å². The van der Waals surface area contributed by atoms with Crippen LogP contribution in [0.15, 0.2) is 23.6 Å². The van der Waals surface area contributed by atoms with E-state index in [1.807, 2.05) is 0 Å². The number of carboxylic acids is 1. The number of aliphatic carboxylic acids is 1. The second-order valence-electron chi connectivity index (χ2n) is 2.73. The van der Waals surface area contributed by atoms with Crippen LogP contribution in [0.1, 0.15) is 12.2 Å². The van der Waals surface area contributed by atoms with E-state index >= 15 is 0 Å². The van der Waals surface area contributed by atoms with Gasteiger partial charge in [0.2, 0.25) is 0 Å². The first-order valence-electron chi connectivity index (χ1n) is 4.51. The van der Waals surface area contributed by atoms with Gasteiger partial charge in [-0.2, -0.15) is 5.10 Å². The molecule has 1 rings (SSSR count). The molecule has 1 aromatic rings. The second-order valence-corrected chi connectivity index (χ2v) is 2.73. The molecule has 0 radical (unpaired) electrons. The van der Waals surface area contributed by atoms with Gasteiger partial charge in [0.1, 0.15) is 5.82 Å². The Kier molecular flexibility index (Phi) is 4.79. The average molecular weight is 208 g/mol. The fraction of sp³-hybridized carbons (Fsp3) is 0.333. The number of carboxylic acid groups (broad SMARTS) is 1. The van der Waals surface area contributed by atoms with Crippen molar-refractivity contribution in [1.29, 1.82) is 0 Å². The highest BCUT2D eigenvalue weighted by molar-refractivity contribution is 5.66. The molecule has 0 aliphatic heterocycles. The first-order valence-corrected chi connectivity index (χ1v) is 4.51. The van der Waals surface area contributed by atoms with E-state index in [2.05, 4.69) is 20.5 Å². The Morgan fingerprint density at radius 1 is 1.53 bits per heavy atom. The molecule has 0 unspecified atom stereocenters. The molecule has 0 aliphatic carbocycles. The first kappa shape index (κ1) is 11.1. The quantitative estimate of drug-likeness (QED) is 0.392. The lowest BCUT2D eigenvalue weighted by atomic mass is 10.4. The summed E-state index contributed by atoms with van der Waals surface area (Å²) in [5.41, 5.74) is 2.62. The SMILES string of the molecule is O=C(O)CCN/N=C/Cc1ncccn1. The van der Waals surface area contributed by atoms with Crippen molar-refractivity contribution in [3.05, 3.63) is 24.3 Å². The average Bonchev–Trinajstić information content (AvgIpc) is 2.24. The second kappa shape index (κ2) is 6.47. The minimum atomic E-state index is -0.843. The molecule has 0 bridgehead atoms. The summed E-state index contributed by atoms with van der Waals surface area (Å²) >= 11 is 0. The van der Waals surface area contributed by atoms with Crippen LogP contribution in [0, 0.1) is 0 Å². The van der Waals surface area contributed by atoms with Crippen LogP contribution < -0.4 is 5.43 Å². The van der Waals surface area contributed by atoms with Crippen molar-refractivity contribution < 1.29 is 9.90 Å². The van der Waals surface area contributed by atoms with Crippen LogP contribution in [0.2, 0.25) is 0 Å². The summed E-state index contributed by atoms with van der Waals surface area (Å²) < 4.78 is 0. The highest BCUT2D eigenvalue weighted by atomic mass is 16.4. The smallest absolute Gasteiger partial charge is 0.305 e. The molecule has 0 saturated heterocycles. The van der Waals surface area contributed by atoms with Gasteiger partial charge in [-0.15, -0.1) is 0 Å². The molecule has 0 atom stereocenters. The maximum absolute atomic E-state index is 10.1. The molecule has 1 heterocycles. The van der Waals surface area contributed by atoms with Crippen molar-refractivity contribution in [2.24, 2.45) is 5.10 Å². The lowest BCUT2D eigenvalue weighted by Gasteiger charge is -1.95. The summed E-state index contributed by atoms with van der Waals surface area (Å²) in [7, 11) is 0. The standard InChI is InChI=1S/C9H12N4O2/c14-9(15)3-7-13-12-6-2-8-10-4-1-5-11-8/h1,4-6,13H,2-3,7H2,(H,14,15)/b12-6+. The molecular weight excluding hydrogens is 196 g/mol. The van der Waals surface area contributed by atoms with E-state index < -0.39 is 5.97 Å². The minimum Gasteiger partial charge on any atom is -0.481 e. The van der Waals surface area contributed by atoms with E-state index in [4.69, 9.17) is 5.11 Å². The number of aromatic nitrogens is 2. The molecule has 1 aromatic heterocycles. The van der Waals surface area contributed by atoms with Gasteiger partial charge in [-0.1, -0.05) is 0 Å². The fourth-order valence-corrected chi connectivity index (χ4v) is 0.855. The summed E-state index contributed by atoms with van der Waals surface area (Å²) in [5, 5.41) is 12.2. The minimum absolute atomic E-state index is 0.0547. The van der Waals surface area contributed by atoms with Crippen molar-refractivity contribution >= 4 is 12.2 Å². The fourth-order valence-electron chi connectivity index (χ4n) is 0.855. The predicted octanol–water partition coefficient (Wildman–Crippen LogP) is 0.0692. The Bertz CT molecular complexity index is 326. The summed E-state index contributed by atoms with van der Waals surface area (Å²) in [4.78, 5) is 18.1. The molecule has 0 fully saturated rings. The Morgan fingerprint density at radius 3 is 2.93 bits per heavy atom. The largest absolute Gasteiger partial charge is 0.481 e. The van der Waals surface area contributed by atoms with Crippen molar-refractivity contribution in [3.8, 4) is 0 Å². The number of nitrogens with zero attached hydrogens (tertiary/aromatic N) is 3. The molecule has 2 N–H and O–H groups in total. The molecule has 15 heavy (non-hydrogen) atoms. The normalized spacial score (nSPS) is 10.4. The maximum Gasteiger partial charge on any atom is 0.305 e. The third-order valence-corrected chi connectivity index (χ3v) is 1.53. The first-order chi connectivity index (χ1) is 7.29. The molecule has 0 saturated carbocycles. The van der Waals surface area contributed by atoms with Gasteiger partial charge in [-0.25, -0.2) is 9.97 Å². The molecule has 80 valence electrons. The number of carbonyl (C=O) groups is 1. The van der Waals surface area contributed by atoms with Gasteiger partial charge in [0.25, 0.3) is 0 Å². The number of hydrazone groups is 1. The van der Waals surface area contributed by atoms with E-state index in [1.54, 1.807) is 24.7 Å². The molecule has 0 aromatic carbocycles. The topological polar surface area (TPSA) is 87.5 Å². The van der Waals surface area contributed by atoms with E-state index in [9.17, 15) is 4.79 Å². The van der Waals surface area contributed by atoms with Crippen LogP contribution in [0.4, 0.5) is 0 Å². The zero-order valence-corrected chi connectivity index (χ0v) is 8.13. The monoisotopic (exact) mass is 208 g/mol. The summed E-state index contributed by atoms with van der Waals surface area (Å²) in [5.74, 6) is -0.162. The number of hydrogen-bond donors (Lipinski definition) is 2. The predicted molar refractivity (Wildman–Crippen MR) is 54.5 cm³/mol. The molecule has 0 spiro atoms. The highest BCUT2D eigenvalue weighted by Gasteiger charge is 1.93. The Hall–Kier alpha value is -1.98. The van der Waals surface area contributed by atoms with Crippen molar-refractivity contribution in [1.82, 2.24) is 15.4 Å². The summed E-state index contributed by atoms with van der Waals surface area (Å²) in [6.45, 7) is 0.321. The number of hydrogen-bond acceptors (Lipinski definition) is 5. The van der Waals surface area contributed by atoms with E-state index in [1.165, 1.54) is 0 Å². The third kappa shape index (κ3) is 5.35. The van der Waals surface area contributed by atoms with Gasteiger partial charge in [-0.05, 0) is 6.07 Å². The van der Waals surface area contributed by atoms with Gasteiger partial charge in [0, 0.05) is 31.6 Å². The Labute approximate surface area is 87.1 Å². The highest BCUT2D eigenvalue weighted by Crippen LogP contribution is 1.85. The Balaban J connectivity index is 2.15. The van der Waals surface area contributed by atoms with E-state index in [0.29, 0.717) is 18.8 Å². The molecule has 6 heteroatoms. The summed E-state index contributed by atoms with van der Waals surface area (Å²) in [6.07, 6.45) is 5.51. The van der Waals surface area contributed by atoms with Crippen LogP contribution in [0.25, 0.3) is 0 Å². The van der Waals surface area contributed by atoms with Crippen LogP contribution in [-0.4, -0.2) is 33.8 Å². The zero-order chi connectivity index (χ0) is 10.9. The number of rotatable bonds is 6. The lowest BCUT2D eigenvalue weighted by molar-refractivity contribution is -0.136. The van der Waals surface area contributed by atoms with Gasteiger partial charge in [0.05, 0.1) is 6.42 Å². The molecule has 6 nitrogen and oxygen atoms in total. The van der Waals surface area contributed by atoms with Crippen molar-refractivity contribution in [3.63, 3.8) is 0 Å². The summed E-state index contributed by atoms with van der Waals surface area (Å²) in [6, 6.07) is 1.74. The molecule has 0 aliphatic rings. The molecular formula is C9H12N4O2. The van der Waals surface area contributed by atoms with Gasteiger partial charge in [0.15, 0.2) is 0 Å². The van der Waals surface area contributed by atoms with Gasteiger partial charge >= 0.3 is 5.97 Å². The lowest BCUT2D eigenvalue weighted by Crippen LogP contribution is -2.12. The van der Waals surface area contributed by atoms with Crippen LogP contribution in [0.3, 0.4) is 0 Å². The van der Waals surface area contributed by atoms with Gasteiger partial charge < -0.3 is 10.5 Å². The number of nitrogens with one attached hydrogen (secondary N) is 1. The third-order valence-electron chi connectivity index (χ3n) is 1.53. The van der Waals surface area contributed by atoms with E-state index in [0.717, 1.165) is 0 Å². The van der Waals surface area contributed by atoms with Crippen LogP contribution in [0.5, 0.6) is 0 Å². The zero-order valence-electron chi connectivity index (χ0n) is 8.13. The van der Waals surface area contributed by atoms with Crippen molar-refractivity contribution in [2.45, 2.75) is 12.8 Å². The van der Waals surface area contributed by atoms with E-state index in [-0.39, 0.29) is 6.42 Å². The maximum atomic E-state index is 10.1. The van der Waals surface area contributed by atoms with Gasteiger partial charge in [-0.3, -0.25) is 4.79 Å².